The number of piperidine rings is 1. The lowest BCUT2D eigenvalue weighted by Gasteiger charge is -2.39. The number of carbonyl (C=O) groups is 1. The number of hydrogen-bond donors (Lipinski definition) is 1. The first-order valence-electron chi connectivity index (χ1n) is 8.17. The third-order valence-corrected chi connectivity index (χ3v) is 4.86. The number of nitrogens with one attached hydrogen (secondary N) is 1. The topological polar surface area (TPSA) is 35.6 Å². The van der Waals surface area contributed by atoms with E-state index in [9.17, 15) is 4.79 Å². The van der Waals surface area contributed by atoms with Gasteiger partial charge in [-0.05, 0) is 43.7 Å². The molecule has 0 unspecified atom stereocenters. The van der Waals surface area contributed by atoms with E-state index in [1.54, 1.807) is 0 Å². The second kappa shape index (κ2) is 6.90. The van der Waals surface area contributed by atoms with E-state index >= 15 is 0 Å². The average molecular weight is 281 g/mol. The maximum atomic E-state index is 12.4. The van der Waals surface area contributed by atoms with E-state index in [0.29, 0.717) is 17.9 Å². The van der Waals surface area contributed by atoms with Crippen molar-refractivity contribution >= 4 is 5.91 Å². The summed E-state index contributed by atoms with van der Waals surface area (Å²) in [5, 5.41) is 3.39. The van der Waals surface area contributed by atoms with Gasteiger partial charge in [0.15, 0.2) is 0 Å². The van der Waals surface area contributed by atoms with Crippen molar-refractivity contribution in [2.24, 2.45) is 11.3 Å². The van der Waals surface area contributed by atoms with E-state index in [1.807, 2.05) is 0 Å². The van der Waals surface area contributed by atoms with Crippen molar-refractivity contribution in [1.29, 1.82) is 0 Å². The van der Waals surface area contributed by atoms with Gasteiger partial charge in [-0.3, -0.25) is 9.69 Å². The zero-order valence-electron chi connectivity index (χ0n) is 13.5. The van der Waals surface area contributed by atoms with Crippen LogP contribution in [0.4, 0.5) is 0 Å². The summed E-state index contributed by atoms with van der Waals surface area (Å²) < 4.78 is 0. The summed E-state index contributed by atoms with van der Waals surface area (Å²) in [5.41, 5.74) is 0.381. The van der Waals surface area contributed by atoms with Crippen molar-refractivity contribution in [3.8, 4) is 0 Å². The molecule has 0 aromatic carbocycles. The molecule has 2 saturated heterocycles. The lowest BCUT2D eigenvalue weighted by molar-refractivity contribution is -0.134. The Hall–Kier alpha value is -0.610. The molecule has 1 N–H and O–H groups in total. The summed E-state index contributed by atoms with van der Waals surface area (Å²) in [6, 6.07) is 0. The van der Waals surface area contributed by atoms with Crippen LogP contribution in [-0.2, 0) is 4.79 Å². The minimum Gasteiger partial charge on any atom is -0.342 e. The molecule has 2 aliphatic rings. The Balaban J connectivity index is 1.76. The van der Waals surface area contributed by atoms with E-state index < -0.39 is 0 Å². The van der Waals surface area contributed by atoms with Gasteiger partial charge in [0.25, 0.3) is 0 Å². The molecule has 0 bridgehead atoms. The molecule has 116 valence electrons. The maximum absolute atomic E-state index is 12.4. The molecule has 2 aliphatic heterocycles. The van der Waals surface area contributed by atoms with Crippen LogP contribution < -0.4 is 5.32 Å². The molecule has 20 heavy (non-hydrogen) atoms. The van der Waals surface area contributed by atoms with Crippen LogP contribution in [0.2, 0.25) is 0 Å². The highest BCUT2D eigenvalue weighted by Gasteiger charge is 2.30. The first kappa shape index (κ1) is 15.8. The van der Waals surface area contributed by atoms with Gasteiger partial charge in [-0.25, -0.2) is 0 Å². The van der Waals surface area contributed by atoms with Crippen molar-refractivity contribution < 1.29 is 4.79 Å². The van der Waals surface area contributed by atoms with Crippen molar-refractivity contribution in [2.45, 2.75) is 40.0 Å². The smallest absolute Gasteiger partial charge is 0.236 e. The lowest BCUT2D eigenvalue weighted by Crippen LogP contribution is -2.46. The van der Waals surface area contributed by atoms with E-state index in [4.69, 9.17) is 0 Å². The van der Waals surface area contributed by atoms with Gasteiger partial charge < -0.3 is 10.2 Å². The molecule has 0 radical (unpaired) electrons. The molecule has 4 nitrogen and oxygen atoms in total. The summed E-state index contributed by atoms with van der Waals surface area (Å²) >= 11 is 0. The number of likely N-dealkylation sites (tertiary alicyclic amines) is 1. The summed E-state index contributed by atoms with van der Waals surface area (Å²) in [4.78, 5) is 16.8. The Kier molecular flexibility index (Phi) is 5.44. The fraction of sp³-hybridized carbons (Fsp3) is 0.938. The number of rotatable bonds is 2. The molecule has 0 saturated carbocycles. The van der Waals surface area contributed by atoms with Crippen molar-refractivity contribution in [3.05, 3.63) is 0 Å². The second-order valence-electron chi connectivity index (χ2n) is 7.40. The Morgan fingerprint density at radius 1 is 1.10 bits per heavy atom. The molecular formula is C16H31N3O. The van der Waals surface area contributed by atoms with Crippen LogP contribution in [0.15, 0.2) is 0 Å². The Bertz CT molecular complexity index is 308. The zero-order valence-corrected chi connectivity index (χ0v) is 13.5. The highest BCUT2D eigenvalue weighted by atomic mass is 16.2. The van der Waals surface area contributed by atoms with Crippen LogP contribution in [0.3, 0.4) is 0 Å². The molecule has 2 rings (SSSR count). The summed E-state index contributed by atoms with van der Waals surface area (Å²) in [5.74, 6) is 1.09. The Morgan fingerprint density at radius 3 is 2.45 bits per heavy atom. The van der Waals surface area contributed by atoms with Crippen LogP contribution in [0.1, 0.15) is 40.0 Å². The summed E-state index contributed by atoms with van der Waals surface area (Å²) in [6.07, 6.45) is 3.48. The van der Waals surface area contributed by atoms with Gasteiger partial charge in [0.1, 0.15) is 0 Å². The van der Waals surface area contributed by atoms with E-state index in [-0.39, 0.29) is 0 Å². The largest absolute Gasteiger partial charge is 0.342 e. The third-order valence-electron chi connectivity index (χ3n) is 4.86. The SMILES string of the molecule is CC(C)(C)C1CCN(C(=O)CN2CCCNCC2)CC1. The second-order valence-corrected chi connectivity index (χ2v) is 7.40. The monoisotopic (exact) mass is 281 g/mol. The highest BCUT2D eigenvalue weighted by molar-refractivity contribution is 5.78. The first-order valence-corrected chi connectivity index (χ1v) is 8.17. The third kappa shape index (κ3) is 4.45. The first-order chi connectivity index (χ1) is 9.47. The molecule has 4 heteroatoms. The molecule has 0 aromatic rings. The molecule has 0 aliphatic carbocycles. The van der Waals surface area contributed by atoms with Crippen molar-refractivity contribution in [2.75, 3.05) is 45.8 Å². The standard InChI is InChI=1S/C16H31N3O/c1-16(2,3)14-5-10-19(11-6-14)15(20)13-18-9-4-7-17-8-12-18/h14,17H,4-13H2,1-3H3. The molecule has 0 spiro atoms. The fourth-order valence-electron chi connectivity index (χ4n) is 3.35. The molecular weight excluding hydrogens is 250 g/mol. The van der Waals surface area contributed by atoms with E-state index in [2.05, 4.69) is 35.9 Å². The maximum Gasteiger partial charge on any atom is 0.236 e. The average Bonchev–Trinajstić information content (AvgIpc) is 2.66. The molecule has 0 aromatic heterocycles. The normalized spacial score (nSPS) is 23.6. The number of nitrogens with zero attached hydrogens (tertiary/aromatic N) is 2. The van der Waals surface area contributed by atoms with Crippen LogP contribution >= 0.6 is 0 Å². The van der Waals surface area contributed by atoms with Gasteiger partial charge >= 0.3 is 0 Å². The summed E-state index contributed by atoms with van der Waals surface area (Å²) in [6.45, 7) is 13.6. The Labute approximate surface area is 123 Å². The molecule has 0 atom stereocenters. The quantitative estimate of drug-likeness (QED) is 0.834. The minimum atomic E-state index is 0.333. The van der Waals surface area contributed by atoms with Gasteiger partial charge in [-0.15, -0.1) is 0 Å². The number of amides is 1. The van der Waals surface area contributed by atoms with Gasteiger partial charge in [0, 0.05) is 26.2 Å². The predicted octanol–water partition coefficient (Wildman–Crippen LogP) is 1.57. The van der Waals surface area contributed by atoms with Gasteiger partial charge in [-0.2, -0.15) is 0 Å². The number of hydrogen-bond acceptors (Lipinski definition) is 3. The predicted molar refractivity (Wildman–Crippen MR) is 82.7 cm³/mol. The zero-order chi connectivity index (χ0) is 14.6. The van der Waals surface area contributed by atoms with Crippen LogP contribution in [0, 0.1) is 11.3 Å². The van der Waals surface area contributed by atoms with Gasteiger partial charge in [-0.1, -0.05) is 20.8 Å². The minimum absolute atomic E-state index is 0.333. The molecule has 2 heterocycles. The van der Waals surface area contributed by atoms with E-state index in [0.717, 1.165) is 64.4 Å². The van der Waals surface area contributed by atoms with Crippen molar-refractivity contribution in [1.82, 2.24) is 15.1 Å². The van der Waals surface area contributed by atoms with Crippen LogP contribution in [0.5, 0.6) is 0 Å². The van der Waals surface area contributed by atoms with Crippen molar-refractivity contribution in [3.63, 3.8) is 0 Å². The lowest BCUT2D eigenvalue weighted by atomic mass is 9.75. The summed E-state index contributed by atoms with van der Waals surface area (Å²) in [7, 11) is 0. The van der Waals surface area contributed by atoms with Gasteiger partial charge in [0.05, 0.1) is 6.54 Å². The highest BCUT2D eigenvalue weighted by Crippen LogP contribution is 2.34. The van der Waals surface area contributed by atoms with Gasteiger partial charge in [0.2, 0.25) is 5.91 Å². The van der Waals surface area contributed by atoms with Crippen LogP contribution in [0.25, 0.3) is 0 Å². The van der Waals surface area contributed by atoms with E-state index in [1.165, 1.54) is 0 Å². The molecule has 1 amide bonds. The fourth-order valence-corrected chi connectivity index (χ4v) is 3.35. The number of carbonyl (C=O) groups excluding carboxylic acids is 1. The Morgan fingerprint density at radius 2 is 1.80 bits per heavy atom. The van der Waals surface area contributed by atoms with Crippen LogP contribution in [-0.4, -0.2) is 61.5 Å². The molecule has 2 fully saturated rings.